The number of hydrogen-bond acceptors (Lipinski definition) is 2. The first-order valence-electron chi connectivity index (χ1n) is 5.68. The number of rotatable bonds is 1. The average molecular weight is 252 g/mol. The lowest BCUT2D eigenvalue weighted by molar-refractivity contribution is -0.187. The van der Waals surface area contributed by atoms with Crippen LogP contribution in [0, 0.1) is 5.41 Å². The van der Waals surface area contributed by atoms with Crippen molar-refractivity contribution in [3.63, 3.8) is 0 Å². The summed E-state index contributed by atoms with van der Waals surface area (Å²) in [7, 11) is 0. The van der Waals surface area contributed by atoms with Gasteiger partial charge in [0.15, 0.2) is 0 Å². The van der Waals surface area contributed by atoms with Crippen molar-refractivity contribution < 1.29 is 18.0 Å². The van der Waals surface area contributed by atoms with Crippen LogP contribution in [0.15, 0.2) is 0 Å². The topological polar surface area (TPSA) is 23.6 Å². The van der Waals surface area contributed by atoms with Crippen LogP contribution in [0.1, 0.15) is 20.8 Å². The minimum absolute atomic E-state index is 0.121. The highest BCUT2D eigenvalue weighted by Gasteiger charge is 2.43. The van der Waals surface area contributed by atoms with Crippen molar-refractivity contribution in [1.82, 2.24) is 9.80 Å². The van der Waals surface area contributed by atoms with Gasteiger partial charge in [0, 0.05) is 32.7 Å². The fourth-order valence-corrected chi connectivity index (χ4v) is 1.96. The Hall–Kier alpha value is -0.780. The fraction of sp³-hybridized carbons (Fsp3) is 0.909. The normalized spacial score (nSPS) is 19.5. The molecule has 6 heteroatoms. The number of halogens is 3. The molecule has 0 aromatic rings. The van der Waals surface area contributed by atoms with Crippen LogP contribution in [0.2, 0.25) is 0 Å². The maximum absolute atomic E-state index is 12.2. The first-order chi connectivity index (χ1) is 7.59. The molecular weight excluding hydrogens is 233 g/mol. The fourth-order valence-electron chi connectivity index (χ4n) is 1.96. The maximum atomic E-state index is 12.2. The molecule has 0 N–H and O–H groups in total. The smallest absolute Gasteiger partial charge is 0.332 e. The van der Waals surface area contributed by atoms with Crippen molar-refractivity contribution in [3.05, 3.63) is 0 Å². The lowest BCUT2D eigenvalue weighted by Crippen LogP contribution is -2.53. The third kappa shape index (κ3) is 4.53. The van der Waals surface area contributed by atoms with Crippen LogP contribution in [0.5, 0.6) is 0 Å². The van der Waals surface area contributed by atoms with Crippen molar-refractivity contribution in [2.24, 2.45) is 5.41 Å². The molecule has 0 radical (unpaired) electrons. The van der Waals surface area contributed by atoms with Gasteiger partial charge >= 0.3 is 12.1 Å². The van der Waals surface area contributed by atoms with E-state index in [4.69, 9.17) is 0 Å². The SMILES string of the molecule is CC(C)(C)CN1CCN(C(=O)C(F)(F)F)CC1. The zero-order valence-corrected chi connectivity index (χ0v) is 10.5. The van der Waals surface area contributed by atoms with Gasteiger partial charge in [-0.2, -0.15) is 13.2 Å². The molecule has 1 rings (SSSR count). The van der Waals surface area contributed by atoms with Gasteiger partial charge in [0.05, 0.1) is 0 Å². The molecule has 0 unspecified atom stereocenters. The second-order valence-corrected chi connectivity index (χ2v) is 5.63. The van der Waals surface area contributed by atoms with E-state index in [-0.39, 0.29) is 18.5 Å². The van der Waals surface area contributed by atoms with Crippen LogP contribution >= 0.6 is 0 Å². The summed E-state index contributed by atoms with van der Waals surface area (Å²) in [4.78, 5) is 14.0. The Morgan fingerprint density at radius 3 is 1.88 bits per heavy atom. The van der Waals surface area contributed by atoms with Crippen LogP contribution < -0.4 is 0 Å². The second-order valence-electron chi connectivity index (χ2n) is 5.63. The van der Waals surface area contributed by atoms with E-state index in [1.807, 2.05) is 0 Å². The van der Waals surface area contributed by atoms with E-state index in [9.17, 15) is 18.0 Å². The quantitative estimate of drug-likeness (QED) is 0.709. The van der Waals surface area contributed by atoms with Crippen LogP contribution in [0.3, 0.4) is 0 Å². The molecule has 17 heavy (non-hydrogen) atoms. The number of carbonyl (C=O) groups is 1. The van der Waals surface area contributed by atoms with Crippen molar-refractivity contribution in [2.75, 3.05) is 32.7 Å². The van der Waals surface area contributed by atoms with Crippen molar-refractivity contribution in [1.29, 1.82) is 0 Å². The predicted octanol–water partition coefficient (Wildman–Crippen LogP) is 1.74. The first kappa shape index (κ1) is 14.3. The van der Waals surface area contributed by atoms with Crippen LogP contribution in [0.25, 0.3) is 0 Å². The molecule has 1 aliphatic heterocycles. The molecule has 0 bridgehead atoms. The minimum atomic E-state index is -4.74. The Bertz CT molecular complexity index is 275. The number of hydrogen-bond donors (Lipinski definition) is 0. The summed E-state index contributed by atoms with van der Waals surface area (Å²) in [6.45, 7) is 8.43. The van der Waals surface area contributed by atoms with E-state index >= 15 is 0 Å². The highest BCUT2D eigenvalue weighted by atomic mass is 19.4. The molecule has 100 valence electrons. The van der Waals surface area contributed by atoms with Gasteiger partial charge in [-0.15, -0.1) is 0 Å². The number of nitrogens with zero attached hydrogens (tertiary/aromatic N) is 2. The highest BCUT2D eigenvalue weighted by Crippen LogP contribution is 2.21. The van der Waals surface area contributed by atoms with Crippen molar-refractivity contribution in [3.8, 4) is 0 Å². The third-order valence-corrected chi connectivity index (χ3v) is 2.60. The molecule has 0 aromatic heterocycles. The molecule has 1 saturated heterocycles. The molecule has 0 aromatic carbocycles. The summed E-state index contributed by atoms with van der Waals surface area (Å²) in [6, 6.07) is 0. The Kier molecular flexibility index (Phi) is 4.06. The van der Waals surface area contributed by atoms with Gasteiger partial charge in [-0.3, -0.25) is 9.69 Å². The van der Waals surface area contributed by atoms with Crippen molar-refractivity contribution >= 4 is 5.91 Å². The maximum Gasteiger partial charge on any atom is 0.471 e. The molecule has 0 spiro atoms. The van der Waals surface area contributed by atoms with E-state index in [1.54, 1.807) is 0 Å². The number of piperazine rings is 1. The largest absolute Gasteiger partial charge is 0.471 e. The summed E-state index contributed by atoms with van der Waals surface area (Å²) in [5.41, 5.74) is 0.121. The van der Waals surface area contributed by atoms with E-state index < -0.39 is 12.1 Å². The Morgan fingerprint density at radius 2 is 1.53 bits per heavy atom. The molecular formula is C11H19F3N2O. The number of carbonyl (C=O) groups excluding carboxylic acids is 1. The first-order valence-corrected chi connectivity index (χ1v) is 5.68. The van der Waals surface area contributed by atoms with Gasteiger partial charge in [0.25, 0.3) is 0 Å². The van der Waals surface area contributed by atoms with Crippen molar-refractivity contribution in [2.45, 2.75) is 26.9 Å². The molecule has 1 amide bonds. The molecule has 1 fully saturated rings. The second kappa shape index (κ2) is 4.84. The van der Waals surface area contributed by atoms with Crippen LogP contribution in [-0.4, -0.2) is 54.6 Å². The zero-order valence-electron chi connectivity index (χ0n) is 10.5. The summed E-state index contributed by atoms with van der Waals surface area (Å²) in [5, 5.41) is 0. The predicted molar refractivity (Wildman–Crippen MR) is 58.5 cm³/mol. The van der Waals surface area contributed by atoms with Crippen LogP contribution in [0.4, 0.5) is 13.2 Å². The molecule has 0 aliphatic carbocycles. The average Bonchev–Trinajstić information content (AvgIpc) is 2.14. The van der Waals surface area contributed by atoms with Gasteiger partial charge < -0.3 is 4.90 Å². The van der Waals surface area contributed by atoms with Gasteiger partial charge in [0.2, 0.25) is 0 Å². The Balaban J connectivity index is 2.44. The molecule has 3 nitrogen and oxygen atoms in total. The Labute approximate surface area is 99.6 Å². The standard InChI is InChI=1S/C11H19F3N2O/c1-10(2,3)8-15-4-6-16(7-5-15)9(17)11(12,13)14/h4-8H2,1-3H3. The molecule has 0 atom stereocenters. The molecule has 0 saturated carbocycles. The van der Waals surface area contributed by atoms with Gasteiger partial charge in [-0.25, -0.2) is 0 Å². The van der Waals surface area contributed by atoms with E-state index in [0.29, 0.717) is 13.1 Å². The Morgan fingerprint density at radius 1 is 1.06 bits per heavy atom. The van der Waals surface area contributed by atoms with Gasteiger partial charge in [-0.1, -0.05) is 20.8 Å². The van der Waals surface area contributed by atoms with E-state index in [0.717, 1.165) is 11.4 Å². The van der Waals surface area contributed by atoms with Gasteiger partial charge in [0.1, 0.15) is 0 Å². The van der Waals surface area contributed by atoms with E-state index in [2.05, 4.69) is 25.7 Å². The zero-order chi connectivity index (χ0) is 13.3. The summed E-state index contributed by atoms with van der Waals surface area (Å²) >= 11 is 0. The molecule has 1 heterocycles. The van der Waals surface area contributed by atoms with Crippen LogP contribution in [-0.2, 0) is 4.79 Å². The monoisotopic (exact) mass is 252 g/mol. The number of amides is 1. The highest BCUT2D eigenvalue weighted by molar-refractivity contribution is 5.81. The van der Waals surface area contributed by atoms with Gasteiger partial charge in [-0.05, 0) is 5.41 Å². The summed E-state index contributed by atoms with van der Waals surface area (Å²) in [6.07, 6.45) is -4.74. The summed E-state index contributed by atoms with van der Waals surface area (Å²) in [5.74, 6) is -1.71. The number of alkyl halides is 3. The molecule has 1 aliphatic rings. The summed E-state index contributed by atoms with van der Waals surface area (Å²) < 4.78 is 36.6. The lowest BCUT2D eigenvalue weighted by Gasteiger charge is -2.37. The van der Waals surface area contributed by atoms with E-state index in [1.165, 1.54) is 0 Å². The lowest BCUT2D eigenvalue weighted by atomic mass is 9.96. The third-order valence-electron chi connectivity index (χ3n) is 2.60. The minimum Gasteiger partial charge on any atom is -0.332 e.